The number of esters is 1. The molecule has 0 fully saturated rings. The number of hydrogen-bond acceptors (Lipinski definition) is 4. The van der Waals surface area contributed by atoms with E-state index >= 15 is 0 Å². The van der Waals surface area contributed by atoms with Crippen molar-refractivity contribution >= 4 is 17.6 Å². The number of hydrogen-bond donors (Lipinski definition) is 1. The van der Waals surface area contributed by atoms with E-state index in [4.69, 9.17) is 10.5 Å². The monoisotopic (exact) mass is 318 g/mol. The summed E-state index contributed by atoms with van der Waals surface area (Å²) < 4.78 is 4.82. The summed E-state index contributed by atoms with van der Waals surface area (Å²) in [5.41, 5.74) is 8.04. The van der Waals surface area contributed by atoms with Crippen molar-refractivity contribution < 1.29 is 14.3 Å². The van der Waals surface area contributed by atoms with E-state index < -0.39 is 5.97 Å². The molecule has 0 aromatic heterocycles. The number of nitrogens with two attached hydrogens (primary N) is 1. The molecular formula is C18H26N2O3. The molecule has 1 heterocycles. The molecule has 2 N–H and O–H groups in total. The van der Waals surface area contributed by atoms with Gasteiger partial charge in [0.15, 0.2) is 0 Å². The summed E-state index contributed by atoms with van der Waals surface area (Å²) in [4.78, 5) is 26.9. The molecule has 0 radical (unpaired) electrons. The summed E-state index contributed by atoms with van der Waals surface area (Å²) in [6, 6.07) is 3.54. The first kappa shape index (κ1) is 17.3. The minimum Gasteiger partial charge on any atom is -0.465 e. The number of rotatable bonds is 6. The lowest BCUT2D eigenvalue weighted by Crippen LogP contribution is -2.45. The van der Waals surface area contributed by atoms with Gasteiger partial charge in [0.25, 0.3) is 5.91 Å². The second kappa shape index (κ2) is 7.49. The van der Waals surface area contributed by atoms with Gasteiger partial charge in [-0.05, 0) is 37.0 Å². The van der Waals surface area contributed by atoms with E-state index in [1.807, 2.05) is 4.90 Å². The van der Waals surface area contributed by atoms with Crippen molar-refractivity contribution in [2.75, 3.05) is 19.4 Å². The second-order valence-corrected chi connectivity index (χ2v) is 6.07. The molecule has 0 aliphatic carbocycles. The summed E-state index contributed by atoms with van der Waals surface area (Å²) in [5, 5.41) is 0. The molecule has 126 valence electrons. The van der Waals surface area contributed by atoms with Gasteiger partial charge in [-0.1, -0.05) is 26.7 Å². The first-order valence-corrected chi connectivity index (χ1v) is 8.35. The Morgan fingerprint density at radius 3 is 2.52 bits per heavy atom. The van der Waals surface area contributed by atoms with Crippen LogP contribution in [0.25, 0.3) is 0 Å². The first-order chi connectivity index (χ1) is 11.0. The van der Waals surface area contributed by atoms with Crippen LogP contribution in [-0.2, 0) is 11.2 Å². The topological polar surface area (TPSA) is 72.6 Å². The normalized spacial score (nSPS) is 14.1. The third kappa shape index (κ3) is 3.49. The molecule has 1 aromatic carbocycles. The van der Waals surface area contributed by atoms with Crippen LogP contribution in [0.15, 0.2) is 12.1 Å². The van der Waals surface area contributed by atoms with Gasteiger partial charge in [0, 0.05) is 23.8 Å². The smallest absolute Gasteiger partial charge is 0.338 e. The highest BCUT2D eigenvalue weighted by Gasteiger charge is 2.32. The van der Waals surface area contributed by atoms with Gasteiger partial charge in [0.1, 0.15) is 0 Å². The van der Waals surface area contributed by atoms with Crippen molar-refractivity contribution in [2.24, 2.45) is 0 Å². The van der Waals surface area contributed by atoms with E-state index in [9.17, 15) is 9.59 Å². The lowest BCUT2D eigenvalue weighted by Gasteiger charge is -2.36. The Balaban J connectivity index is 2.39. The largest absolute Gasteiger partial charge is 0.465 e. The standard InChI is InChI=1S/C18H26N2O3/c1-4-6-13(7-5-2)20-9-8-14-15(17(20)21)10-12(19)11-16(14)18(22)23-3/h10-11,13H,4-9,19H2,1-3H3. The Bertz CT molecular complexity index is 592. The molecule has 1 amide bonds. The van der Waals surface area contributed by atoms with Crippen molar-refractivity contribution in [3.63, 3.8) is 0 Å². The number of nitrogens with zero attached hydrogens (tertiary/aromatic N) is 1. The lowest BCUT2D eigenvalue weighted by molar-refractivity contribution is 0.0595. The highest BCUT2D eigenvalue weighted by atomic mass is 16.5. The number of fused-ring (bicyclic) bond motifs is 1. The first-order valence-electron chi connectivity index (χ1n) is 8.35. The third-order valence-electron chi connectivity index (χ3n) is 4.46. The molecule has 0 unspecified atom stereocenters. The van der Waals surface area contributed by atoms with Crippen LogP contribution in [0.3, 0.4) is 0 Å². The minimum absolute atomic E-state index is 0.0180. The van der Waals surface area contributed by atoms with Gasteiger partial charge in [-0.25, -0.2) is 4.79 Å². The Morgan fingerprint density at radius 2 is 1.96 bits per heavy atom. The quantitative estimate of drug-likeness (QED) is 0.646. The Kier molecular flexibility index (Phi) is 5.64. The molecule has 0 atom stereocenters. The van der Waals surface area contributed by atoms with Crippen LogP contribution in [0.2, 0.25) is 0 Å². The zero-order valence-corrected chi connectivity index (χ0v) is 14.2. The molecule has 1 aromatic rings. The average molecular weight is 318 g/mol. The number of anilines is 1. The van der Waals surface area contributed by atoms with E-state index in [1.54, 1.807) is 12.1 Å². The van der Waals surface area contributed by atoms with Gasteiger partial charge in [-0.2, -0.15) is 0 Å². The summed E-state index contributed by atoms with van der Waals surface area (Å²) in [6.45, 7) is 4.92. The molecule has 5 nitrogen and oxygen atoms in total. The van der Waals surface area contributed by atoms with Gasteiger partial charge in [0.05, 0.1) is 12.7 Å². The van der Waals surface area contributed by atoms with Crippen molar-refractivity contribution in [3.05, 3.63) is 28.8 Å². The summed E-state index contributed by atoms with van der Waals surface area (Å²) >= 11 is 0. The molecule has 2 rings (SSSR count). The molecule has 1 aliphatic rings. The van der Waals surface area contributed by atoms with Crippen molar-refractivity contribution in [1.29, 1.82) is 0 Å². The van der Waals surface area contributed by atoms with Crippen LogP contribution < -0.4 is 5.73 Å². The zero-order valence-electron chi connectivity index (χ0n) is 14.2. The number of carbonyl (C=O) groups excluding carboxylic acids is 2. The predicted octanol–water partition coefficient (Wildman–Crippen LogP) is 3.02. The molecular weight excluding hydrogens is 292 g/mol. The number of nitrogen functional groups attached to an aromatic ring is 1. The molecule has 0 saturated heterocycles. The van der Waals surface area contributed by atoms with Crippen LogP contribution in [-0.4, -0.2) is 36.5 Å². The van der Waals surface area contributed by atoms with Gasteiger partial charge < -0.3 is 15.4 Å². The van der Waals surface area contributed by atoms with Crippen molar-refractivity contribution in [3.8, 4) is 0 Å². The SMILES string of the molecule is CCCC(CCC)N1CCc2c(C(=O)OC)cc(N)cc2C1=O. The second-order valence-electron chi connectivity index (χ2n) is 6.07. The van der Waals surface area contributed by atoms with Gasteiger partial charge in [-0.15, -0.1) is 0 Å². The van der Waals surface area contributed by atoms with Crippen LogP contribution in [0, 0.1) is 0 Å². The Hall–Kier alpha value is -2.04. The summed E-state index contributed by atoms with van der Waals surface area (Å²) in [5.74, 6) is -0.455. The van der Waals surface area contributed by atoms with Crippen LogP contribution in [0.1, 0.15) is 65.8 Å². The van der Waals surface area contributed by atoms with E-state index in [1.165, 1.54) is 7.11 Å². The molecule has 1 aliphatic heterocycles. The van der Waals surface area contributed by atoms with E-state index in [2.05, 4.69) is 13.8 Å². The maximum Gasteiger partial charge on any atom is 0.338 e. The van der Waals surface area contributed by atoms with Crippen molar-refractivity contribution in [1.82, 2.24) is 4.90 Å². The van der Waals surface area contributed by atoms with Crippen LogP contribution in [0.4, 0.5) is 5.69 Å². The molecule has 0 bridgehead atoms. The highest BCUT2D eigenvalue weighted by Crippen LogP contribution is 2.29. The Morgan fingerprint density at radius 1 is 1.30 bits per heavy atom. The average Bonchev–Trinajstić information content (AvgIpc) is 2.54. The van der Waals surface area contributed by atoms with Gasteiger partial charge in [0.2, 0.25) is 0 Å². The highest BCUT2D eigenvalue weighted by molar-refractivity contribution is 6.02. The van der Waals surface area contributed by atoms with Crippen molar-refractivity contribution in [2.45, 2.75) is 52.0 Å². The van der Waals surface area contributed by atoms with Gasteiger partial charge >= 0.3 is 5.97 Å². The maximum absolute atomic E-state index is 12.9. The van der Waals surface area contributed by atoms with Crippen LogP contribution in [0.5, 0.6) is 0 Å². The molecule has 0 saturated carbocycles. The maximum atomic E-state index is 12.9. The number of methoxy groups -OCH3 is 1. The van der Waals surface area contributed by atoms with E-state index in [0.29, 0.717) is 29.8 Å². The van der Waals surface area contributed by atoms with E-state index in [-0.39, 0.29) is 11.9 Å². The minimum atomic E-state index is -0.437. The lowest BCUT2D eigenvalue weighted by atomic mass is 9.91. The predicted molar refractivity (Wildman–Crippen MR) is 90.5 cm³/mol. The summed E-state index contributed by atoms with van der Waals surface area (Å²) in [6.07, 6.45) is 4.76. The number of benzene rings is 1. The number of ether oxygens (including phenoxy) is 1. The van der Waals surface area contributed by atoms with Gasteiger partial charge in [-0.3, -0.25) is 4.79 Å². The molecule has 23 heavy (non-hydrogen) atoms. The zero-order chi connectivity index (χ0) is 17.0. The van der Waals surface area contributed by atoms with E-state index in [0.717, 1.165) is 31.2 Å². The number of amides is 1. The third-order valence-corrected chi connectivity index (χ3v) is 4.46. The van der Waals surface area contributed by atoms with Crippen LogP contribution >= 0.6 is 0 Å². The molecule has 5 heteroatoms. The fourth-order valence-corrected chi connectivity index (χ4v) is 3.41. The molecule has 0 spiro atoms. The fraction of sp³-hybridized carbons (Fsp3) is 0.556. The fourth-order valence-electron chi connectivity index (χ4n) is 3.41. The summed E-state index contributed by atoms with van der Waals surface area (Å²) in [7, 11) is 1.34. The number of carbonyl (C=O) groups is 2. The Labute approximate surface area is 137 Å².